The zero-order valence-corrected chi connectivity index (χ0v) is 11.1. The normalized spacial score (nSPS) is 19.6. The van der Waals surface area contributed by atoms with Crippen LogP contribution in [-0.2, 0) is 13.8 Å². The van der Waals surface area contributed by atoms with Gasteiger partial charge in [-0.1, -0.05) is 18.2 Å². The van der Waals surface area contributed by atoms with Crippen molar-refractivity contribution in [1.29, 1.82) is 0 Å². The third-order valence-electron chi connectivity index (χ3n) is 2.41. The lowest BCUT2D eigenvalue weighted by Crippen LogP contribution is -2.44. The summed E-state index contributed by atoms with van der Waals surface area (Å²) >= 11 is 0. The number of methoxy groups -OCH3 is 1. The van der Waals surface area contributed by atoms with Gasteiger partial charge in [0.2, 0.25) is 0 Å². The number of amidine groups is 1. The zero-order valence-electron chi connectivity index (χ0n) is 9.58. The fourth-order valence-electron chi connectivity index (χ4n) is 1.59. The van der Waals surface area contributed by atoms with Crippen LogP contribution in [-0.4, -0.2) is 38.5 Å². The molecule has 1 aromatic carbocycles. The van der Waals surface area contributed by atoms with Crippen molar-refractivity contribution in [1.82, 2.24) is 5.01 Å². The van der Waals surface area contributed by atoms with E-state index in [2.05, 4.69) is 10.4 Å². The molecular weight excluding hydrogens is 278 g/mol. The van der Waals surface area contributed by atoms with Gasteiger partial charge >= 0.3 is 6.02 Å². The maximum absolute atomic E-state index is 11.5. The number of ether oxygens (including phenoxy) is 1. The number of benzene rings is 1. The number of para-hydroxylation sites is 1. The molecule has 98 valence electrons. The van der Waals surface area contributed by atoms with Crippen molar-refractivity contribution in [3.63, 3.8) is 0 Å². The minimum atomic E-state index is -3.77. The molecule has 6 nitrogen and oxygen atoms in total. The van der Waals surface area contributed by atoms with Gasteiger partial charge < -0.3 is 4.74 Å². The molecule has 1 aliphatic heterocycles. The van der Waals surface area contributed by atoms with Crippen molar-refractivity contribution in [2.24, 2.45) is 4.99 Å². The maximum Gasteiger partial charge on any atom is 0.307 e. The molecule has 0 radical (unpaired) electrons. The topological polar surface area (TPSA) is 71.0 Å². The molecular formula is C10H12ClN3O3S. The lowest BCUT2D eigenvalue weighted by Gasteiger charge is -2.25. The SMILES string of the molecule is COC1=NCC(S(=O)(=O)Cl)N1Nc1ccccc1. The Labute approximate surface area is 110 Å². The highest BCUT2D eigenvalue weighted by atomic mass is 35.7. The number of hydrazine groups is 1. The highest BCUT2D eigenvalue weighted by Gasteiger charge is 2.38. The number of halogens is 1. The van der Waals surface area contributed by atoms with E-state index in [1.807, 2.05) is 18.2 Å². The van der Waals surface area contributed by atoms with Crippen LogP contribution < -0.4 is 5.43 Å². The Morgan fingerprint density at radius 1 is 1.44 bits per heavy atom. The van der Waals surface area contributed by atoms with Gasteiger partial charge in [-0.2, -0.15) is 0 Å². The largest absolute Gasteiger partial charge is 0.467 e. The van der Waals surface area contributed by atoms with Crippen molar-refractivity contribution in [3.8, 4) is 0 Å². The third kappa shape index (κ3) is 2.68. The molecule has 1 aromatic rings. The van der Waals surface area contributed by atoms with E-state index < -0.39 is 14.4 Å². The Bertz CT molecular complexity index is 547. The number of nitrogens with one attached hydrogen (secondary N) is 1. The molecule has 18 heavy (non-hydrogen) atoms. The lowest BCUT2D eigenvalue weighted by atomic mass is 10.3. The Morgan fingerprint density at radius 2 is 2.11 bits per heavy atom. The van der Waals surface area contributed by atoms with E-state index in [0.29, 0.717) is 0 Å². The molecule has 0 aromatic heterocycles. The minimum Gasteiger partial charge on any atom is -0.467 e. The Hall–Kier alpha value is -1.47. The molecule has 1 atom stereocenters. The second-order valence-electron chi connectivity index (χ2n) is 3.61. The van der Waals surface area contributed by atoms with Crippen molar-refractivity contribution < 1.29 is 13.2 Å². The van der Waals surface area contributed by atoms with Gasteiger partial charge in [0.1, 0.15) is 0 Å². The van der Waals surface area contributed by atoms with Crippen LogP contribution in [0, 0.1) is 0 Å². The van der Waals surface area contributed by atoms with Gasteiger partial charge in [-0.15, -0.1) is 0 Å². The van der Waals surface area contributed by atoms with Gasteiger partial charge in [0.05, 0.1) is 19.3 Å². The Balaban J connectivity index is 2.23. The van der Waals surface area contributed by atoms with E-state index in [1.165, 1.54) is 12.1 Å². The molecule has 0 bridgehead atoms. The summed E-state index contributed by atoms with van der Waals surface area (Å²) in [5.41, 5.74) is 3.63. The number of nitrogens with zero attached hydrogens (tertiary/aromatic N) is 2. The predicted octanol–water partition coefficient (Wildman–Crippen LogP) is 1.23. The van der Waals surface area contributed by atoms with Crippen molar-refractivity contribution in [3.05, 3.63) is 30.3 Å². The fourth-order valence-corrected chi connectivity index (χ4v) is 2.64. The van der Waals surface area contributed by atoms with E-state index in [1.54, 1.807) is 12.1 Å². The van der Waals surface area contributed by atoms with Crippen LogP contribution in [0.3, 0.4) is 0 Å². The summed E-state index contributed by atoms with van der Waals surface area (Å²) in [6.45, 7) is 0.0365. The first kappa shape index (κ1) is 13.0. The summed E-state index contributed by atoms with van der Waals surface area (Å²) in [5, 5.41) is 0.326. The van der Waals surface area contributed by atoms with Crippen molar-refractivity contribution in [2.45, 2.75) is 5.37 Å². The first-order chi connectivity index (χ1) is 8.52. The number of rotatable bonds is 3. The van der Waals surface area contributed by atoms with Gasteiger partial charge in [-0.25, -0.2) is 18.4 Å². The highest BCUT2D eigenvalue weighted by molar-refractivity contribution is 8.14. The Kier molecular flexibility index (Phi) is 3.63. The molecule has 0 saturated carbocycles. The number of aliphatic imine (C=N–C) groups is 1. The number of hydrogen-bond donors (Lipinski definition) is 1. The van der Waals surface area contributed by atoms with Gasteiger partial charge in [-0.05, 0) is 12.1 Å². The molecule has 0 spiro atoms. The average Bonchev–Trinajstić information content (AvgIpc) is 2.73. The van der Waals surface area contributed by atoms with Crippen molar-refractivity contribution >= 4 is 31.4 Å². The molecule has 8 heteroatoms. The van der Waals surface area contributed by atoms with Crippen LogP contribution in [0.15, 0.2) is 35.3 Å². The molecule has 0 saturated heterocycles. The second-order valence-corrected chi connectivity index (χ2v) is 6.39. The molecule has 1 N–H and O–H groups in total. The van der Waals surface area contributed by atoms with Crippen LogP contribution >= 0.6 is 10.7 Å². The van der Waals surface area contributed by atoms with Gasteiger partial charge in [0.25, 0.3) is 9.05 Å². The smallest absolute Gasteiger partial charge is 0.307 e. The van der Waals surface area contributed by atoms with E-state index in [0.717, 1.165) is 5.69 Å². The van der Waals surface area contributed by atoms with Crippen LogP contribution in [0.1, 0.15) is 0 Å². The van der Waals surface area contributed by atoms with E-state index in [-0.39, 0.29) is 12.6 Å². The summed E-state index contributed by atoms with van der Waals surface area (Å²) in [6.07, 6.45) is 0. The van der Waals surface area contributed by atoms with Crippen LogP contribution in [0.4, 0.5) is 5.69 Å². The summed E-state index contributed by atoms with van der Waals surface area (Å²) in [7, 11) is 3.03. The summed E-state index contributed by atoms with van der Waals surface area (Å²) in [6, 6.07) is 9.29. The van der Waals surface area contributed by atoms with E-state index in [9.17, 15) is 8.42 Å². The quantitative estimate of drug-likeness (QED) is 0.848. The highest BCUT2D eigenvalue weighted by Crippen LogP contribution is 2.21. The molecule has 1 unspecified atom stereocenters. The van der Waals surface area contributed by atoms with E-state index >= 15 is 0 Å². The number of anilines is 1. The fraction of sp³-hybridized carbons (Fsp3) is 0.300. The standard InChI is InChI=1S/C10H12ClN3O3S/c1-17-10-12-7-9(18(11,15)16)14(10)13-8-5-3-2-4-6-8/h2-6,9,13H,7H2,1H3. The molecule has 2 rings (SSSR count). The van der Waals surface area contributed by atoms with Gasteiger partial charge in [0, 0.05) is 10.7 Å². The molecule has 0 aliphatic carbocycles. The van der Waals surface area contributed by atoms with Crippen LogP contribution in [0.2, 0.25) is 0 Å². The van der Waals surface area contributed by atoms with Gasteiger partial charge in [-0.3, -0.25) is 5.43 Å². The third-order valence-corrected chi connectivity index (χ3v) is 4.03. The first-order valence-corrected chi connectivity index (χ1v) is 7.52. The molecule has 1 aliphatic rings. The molecule has 0 amide bonds. The second kappa shape index (κ2) is 5.03. The Morgan fingerprint density at radius 3 is 2.67 bits per heavy atom. The monoisotopic (exact) mass is 289 g/mol. The average molecular weight is 290 g/mol. The molecule has 0 fully saturated rings. The summed E-state index contributed by atoms with van der Waals surface area (Å²) < 4.78 is 27.9. The minimum absolute atomic E-state index is 0.0365. The zero-order chi connectivity index (χ0) is 13.2. The summed E-state index contributed by atoms with van der Waals surface area (Å²) in [5.74, 6) is 0. The van der Waals surface area contributed by atoms with Crippen LogP contribution in [0.5, 0.6) is 0 Å². The first-order valence-electron chi connectivity index (χ1n) is 5.15. The molecule has 1 heterocycles. The van der Waals surface area contributed by atoms with E-state index in [4.69, 9.17) is 15.4 Å². The summed E-state index contributed by atoms with van der Waals surface area (Å²) in [4.78, 5) is 3.97. The van der Waals surface area contributed by atoms with Crippen LogP contribution in [0.25, 0.3) is 0 Å². The van der Waals surface area contributed by atoms with Crippen molar-refractivity contribution in [2.75, 3.05) is 19.1 Å². The number of hydrogen-bond acceptors (Lipinski definition) is 6. The van der Waals surface area contributed by atoms with Gasteiger partial charge in [0.15, 0.2) is 5.37 Å². The maximum atomic E-state index is 11.5. The lowest BCUT2D eigenvalue weighted by molar-refractivity contribution is 0.317. The predicted molar refractivity (Wildman–Crippen MR) is 69.8 cm³/mol.